The van der Waals surface area contributed by atoms with Gasteiger partial charge in [0.25, 0.3) is 0 Å². The molecule has 0 amide bonds. The molecule has 0 spiro atoms. The second-order valence-electron chi connectivity index (χ2n) is 9.91. The van der Waals surface area contributed by atoms with E-state index in [-0.39, 0.29) is 23.2 Å². The van der Waals surface area contributed by atoms with Crippen molar-refractivity contribution in [3.63, 3.8) is 0 Å². The molecule has 1 unspecified atom stereocenters. The van der Waals surface area contributed by atoms with Gasteiger partial charge in [-0.2, -0.15) is 0 Å². The Morgan fingerprint density at radius 1 is 1.05 bits per heavy atom. The van der Waals surface area contributed by atoms with E-state index in [2.05, 4.69) is 38.2 Å². The molecule has 1 atom stereocenters. The van der Waals surface area contributed by atoms with Crippen LogP contribution in [0.4, 0.5) is 20.5 Å². The molecule has 4 aromatic rings. The fourth-order valence-corrected chi connectivity index (χ4v) is 5.46. The van der Waals surface area contributed by atoms with Crippen LogP contribution in [0.3, 0.4) is 0 Å². The molecule has 1 aliphatic rings. The summed E-state index contributed by atoms with van der Waals surface area (Å²) in [5, 5.41) is 3.06. The quantitative estimate of drug-likeness (QED) is 0.300. The van der Waals surface area contributed by atoms with Gasteiger partial charge in [0.05, 0.1) is 11.7 Å². The van der Waals surface area contributed by atoms with Crippen LogP contribution in [0.1, 0.15) is 63.4 Å². The zero-order chi connectivity index (χ0) is 26.1. The molecule has 0 radical (unpaired) electrons. The Hall–Kier alpha value is -3.46. The molecule has 9 heteroatoms. The number of aryl methyl sites for hydroxylation is 1. The maximum atomic E-state index is 15.0. The number of ether oxygens (including phenoxy) is 1. The van der Waals surface area contributed by atoms with E-state index in [4.69, 9.17) is 4.74 Å². The van der Waals surface area contributed by atoms with Gasteiger partial charge in [0.2, 0.25) is 5.95 Å². The molecule has 1 aromatic carbocycles. The summed E-state index contributed by atoms with van der Waals surface area (Å²) in [5.41, 5.74) is 2.39. The van der Waals surface area contributed by atoms with Crippen molar-refractivity contribution in [1.29, 1.82) is 0 Å². The predicted molar refractivity (Wildman–Crippen MR) is 140 cm³/mol. The van der Waals surface area contributed by atoms with E-state index >= 15 is 0 Å². The number of halogens is 2. The lowest BCUT2D eigenvalue weighted by Gasteiger charge is -2.29. The summed E-state index contributed by atoms with van der Waals surface area (Å²) < 4.78 is 37.2. The van der Waals surface area contributed by atoms with Crippen LogP contribution >= 0.6 is 0 Å². The number of hydrogen-bond donors (Lipinski definition) is 1. The first-order valence-corrected chi connectivity index (χ1v) is 12.9. The highest BCUT2D eigenvalue weighted by molar-refractivity contribution is 5.83. The lowest BCUT2D eigenvalue weighted by molar-refractivity contribution is 0.0572. The van der Waals surface area contributed by atoms with Crippen molar-refractivity contribution < 1.29 is 13.5 Å². The highest BCUT2D eigenvalue weighted by Gasteiger charge is 2.24. The summed E-state index contributed by atoms with van der Waals surface area (Å²) in [6.45, 7) is 9.66. The standard InChI is InChI=1S/C28H32F2N6O/c1-5-21(18-8-10-37-11-9-18)19-6-7-25(31-14-19)34-28-32-15-23(30)26(35-28)20-12-22(29)27-24(13-20)36(16(2)3)17(4)33-27/h6-7,12-16,18,21H,5,8-11H2,1-4H3,(H,31,32,34,35). The zero-order valence-corrected chi connectivity index (χ0v) is 21.6. The topological polar surface area (TPSA) is 77.8 Å². The summed E-state index contributed by atoms with van der Waals surface area (Å²) in [4.78, 5) is 17.4. The lowest BCUT2D eigenvalue weighted by atomic mass is 9.80. The van der Waals surface area contributed by atoms with Gasteiger partial charge in [-0.1, -0.05) is 13.0 Å². The summed E-state index contributed by atoms with van der Waals surface area (Å²) in [6.07, 6.45) is 6.14. The number of benzene rings is 1. The van der Waals surface area contributed by atoms with Crippen LogP contribution < -0.4 is 5.32 Å². The smallest absolute Gasteiger partial charge is 0.229 e. The van der Waals surface area contributed by atoms with Crippen molar-refractivity contribution in [3.8, 4) is 11.3 Å². The molecule has 1 saturated heterocycles. The first-order valence-electron chi connectivity index (χ1n) is 12.9. The van der Waals surface area contributed by atoms with Crippen molar-refractivity contribution in [2.45, 2.75) is 58.9 Å². The molecule has 0 aliphatic carbocycles. The van der Waals surface area contributed by atoms with Crippen LogP contribution in [0.5, 0.6) is 0 Å². The molecule has 5 rings (SSSR count). The third-order valence-electron chi connectivity index (χ3n) is 7.19. The number of imidazole rings is 1. The maximum absolute atomic E-state index is 15.0. The van der Waals surface area contributed by atoms with Crippen LogP contribution in [0.15, 0.2) is 36.7 Å². The monoisotopic (exact) mass is 506 g/mol. The lowest BCUT2D eigenvalue weighted by Crippen LogP contribution is -2.22. The van der Waals surface area contributed by atoms with Gasteiger partial charge < -0.3 is 14.6 Å². The normalized spacial score (nSPS) is 15.4. The molecule has 1 fully saturated rings. The van der Waals surface area contributed by atoms with Gasteiger partial charge >= 0.3 is 0 Å². The van der Waals surface area contributed by atoms with Crippen molar-refractivity contribution in [2.75, 3.05) is 18.5 Å². The van der Waals surface area contributed by atoms with E-state index in [0.29, 0.717) is 34.6 Å². The fraction of sp³-hybridized carbons (Fsp3) is 0.429. The van der Waals surface area contributed by atoms with E-state index in [0.717, 1.165) is 38.7 Å². The van der Waals surface area contributed by atoms with Crippen LogP contribution in [-0.4, -0.2) is 37.7 Å². The summed E-state index contributed by atoms with van der Waals surface area (Å²) in [7, 11) is 0. The molecule has 0 saturated carbocycles. The number of rotatable bonds is 7. The Labute approximate surface area is 215 Å². The van der Waals surface area contributed by atoms with Crippen LogP contribution in [0.25, 0.3) is 22.3 Å². The number of fused-ring (bicyclic) bond motifs is 1. The predicted octanol–water partition coefficient (Wildman–Crippen LogP) is 6.72. The number of hydrogen-bond acceptors (Lipinski definition) is 6. The molecule has 1 aliphatic heterocycles. The molecule has 3 aromatic heterocycles. The van der Waals surface area contributed by atoms with E-state index in [1.165, 1.54) is 11.6 Å². The van der Waals surface area contributed by atoms with Crippen LogP contribution in [0, 0.1) is 24.5 Å². The Morgan fingerprint density at radius 2 is 1.84 bits per heavy atom. The molecule has 4 heterocycles. The van der Waals surface area contributed by atoms with Crippen molar-refractivity contribution >= 4 is 22.8 Å². The summed E-state index contributed by atoms with van der Waals surface area (Å²) in [6, 6.07) is 7.02. The van der Waals surface area contributed by atoms with Crippen LogP contribution in [-0.2, 0) is 4.74 Å². The van der Waals surface area contributed by atoms with Crippen molar-refractivity contribution in [2.24, 2.45) is 5.92 Å². The summed E-state index contributed by atoms with van der Waals surface area (Å²) in [5.74, 6) is 1.31. The number of nitrogens with one attached hydrogen (secondary N) is 1. The van der Waals surface area contributed by atoms with Gasteiger partial charge in [-0.25, -0.2) is 28.7 Å². The van der Waals surface area contributed by atoms with E-state index in [1.54, 1.807) is 6.07 Å². The van der Waals surface area contributed by atoms with Gasteiger partial charge in [-0.05, 0) is 75.6 Å². The SMILES string of the molecule is CCC(c1ccc(Nc2ncc(F)c(-c3cc(F)c4nc(C)n(C(C)C)c4c3)n2)nc1)C1CCOCC1. The third-order valence-corrected chi connectivity index (χ3v) is 7.19. The zero-order valence-electron chi connectivity index (χ0n) is 21.6. The molecule has 37 heavy (non-hydrogen) atoms. The Balaban J connectivity index is 1.42. The van der Waals surface area contributed by atoms with Crippen molar-refractivity contribution in [1.82, 2.24) is 24.5 Å². The number of nitrogens with zero attached hydrogens (tertiary/aromatic N) is 5. The molecule has 1 N–H and O–H groups in total. The maximum Gasteiger partial charge on any atom is 0.229 e. The molecular formula is C28H32F2N6O. The summed E-state index contributed by atoms with van der Waals surface area (Å²) >= 11 is 0. The number of pyridine rings is 1. The van der Waals surface area contributed by atoms with Gasteiger partial charge in [0, 0.05) is 31.0 Å². The van der Waals surface area contributed by atoms with Crippen molar-refractivity contribution in [3.05, 3.63) is 59.7 Å². The minimum absolute atomic E-state index is 0.00893. The molecular weight excluding hydrogens is 474 g/mol. The fourth-order valence-electron chi connectivity index (χ4n) is 5.46. The highest BCUT2D eigenvalue weighted by Crippen LogP contribution is 2.35. The van der Waals surface area contributed by atoms with Crippen LogP contribution in [0.2, 0.25) is 0 Å². The van der Waals surface area contributed by atoms with E-state index < -0.39 is 11.6 Å². The molecule has 0 bridgehead atoms. The molecule has 7 nitrogen and oxygen atoms in total. The largest absolute Gasteiger partial charge is 0.381 e. The average Bonchev–Trinajstić information content (AvgIpc) is 3.24. The van der Waals surface area contributed by atoms with Gasteiger partial charge in [-0.15, -0.1) is 0 Å². The number of anilines is 2. The third kappa shape index (κ3) is 5.05. The minimum Gasteiger partial charge on any atom is -0.381 e. The Kier molecular flexibility index (Phi) is 7.15. The van der Waals surface area contributed by atoms with Gasteiger partial charge in [0.15, 0.2) is 11.6 Å². The second kappa shape index (κ2) is 10.5. The number of aromatic nitrogens is 5. The second-order valence-corrected chi connectivity index (χ2v) is 9.91. The average molecular weight is 507 g/mol. The Morgan fingerprint density at radius 3 is 2.51 bits per heavy atom. The highest BCUT2D eigenvalue weighted by atomic mass is 19.1. The van der Waals surface area contributed by atoms with Gasteiger partial charge in [0.1, 0.15) is 22.9 Å². The molecule has 194 valence electrons. The van der Waals surface area contributed by atoms with E-state index in [9.17, 15) is 8.78 Å². The first kappa shape index (κ1) is 25.2. The van der Waals surface area contributed by atoms with Gasteiger partial charge in [-0.3, -0.25) is 0 Å². The minimum atomic E-state index is -0.637. The first-order chi connectivity index (χ1) is 17.9. The Bertz CT molecular complexity index is 1400. The van der Waals surface area contributed by atoms with E-state index in [1.807, 2.05) is 37.6 Å².